The summed E-state index contributed by atoms with van der Waals surface area (Å²) in [6.45, 7) is 4.21. The fourth-order valence-corrected chi connectivity index (χ4v) is 1.40. The second-order valence-electron chi connectivity index (χ2n) is 3.97. The predicted octanol–water partition coefficient (Wildman–Crippen LogP) is 3.34. The maximum Gasteiger partial charge on any atom is 0.0466 e. The molecule has 2 nitrogen and oxygen atoms in total. The molecule has 0 atom stereocenters. The Balaban J connectivity index is 2.81. The zero-order chi connectivity index (χ0) is 11.2. The van der Waals surface area contributed by atoms with Gasteiger partial charge in [0.05, 0.1) is 0 Å². The summed E-state index contributed by atoms with van der Waals surface area (Å²) in [5, 5.41) is 8.55. The van der Waals surface area contributed by atoms with E-state index in [-0.39, 0.29) is 6.61 Å². The fourth-order valence-electron chi connectivity index (χ4n) is 1.40. The highest BCUT2D eigenvalue weighted by Gasteiger charge is 1.92. The van der Waals surface area contributed by atoms with Crippen molar-refractivity contribution >= 4 is 0 Å². The average molecular weight is 215 g/mol. The molecular formula is C13H27O2. The summed E-state index contributed by atoms with van der Waals surface area (Å²) in [6.07, 6.45) is 11.8. The van der Waals surface area contributed by atoms with E-state index in [1.165, 1.54) is 38.5 Å². The van der Waals surface area contributed by atoms with Crippen LogP contribution in [0, 0.1) is 6.42 Å². The molecule has 0 saturated carbocycles. The van der Waals surface area contributed by atoms with Crippen LogP contribution in [0.5, 0.6) is 0 Å². The smallest absolute Gasteiger partial charge is 0.0466 e. The molecule has 0 unspecified atom stereocenters. The summed E-state index contributed by atoms with van der Waals surface area (Å²) in [4.78, 5) is 0. The molecule has 0 spiro atoms. The van der Waals surface area contributed by atoms with E-state index in [1.807, 2.05) is 0 Å². The van der Waals surface area contributed by atoms with Crippen molar-refractivity contribution in [2.24, 2.45) is 0 Å². The van der Waals surface area contributed by atoms with Gasteiger partial charge in [-0.05, 0) is 25.7 Å². The lowest BCUT2D eigenvalue weighted by Crippen LogP contribution is -1.98. The number of aliphatic hydroxyl groups is 1. The van der Waals surface area contributed by atoms with E-state index in [0.29, 0.717) is 0 Å². The van der Waals surface area contributed by atoms with Crippen molar-refractivity contribution < 1.29 is 9.84 Å². The maximum absolute atomic E-state index is 8.55. The molecule has 2 heteroatoms. The zero-order valence-electron chi connectivity index (χ0n) is 10.2. The van der Waals surface area contributed by atoms with Gasteiger partial charge in [0, 0.05) is 19.8 Å². The minimum atomic E-state index is 0.287. The molecule has 0 aromatic rings. The van der Waals surface area contributed by atoms with E-state index >= 15 is 0 Å². The van der Waals surface area contributed by atoms with E-state index in [0.717, 1.165) is 26.1 Å². The highest BCUT2D eigenvalue weighted by molar-refractivity contribution is 4.63. The van der Waals surface area contributed by atoms with Crippen LogP contribution in [0.1, 0.15) is 58.3 Å². The normalized spacial score (nSPS) is 10.8. The second-order valence-corrected chi connectivity index (χ2v) is 3.97. The molecule has 0 heterocycles. The van der Waals surface area contributed by atoms with Crippen LogP contribution in [0.3, 0.4) is 0 Å². The van der Waals surface area contributed by atoms with Crippen LogP contribution in [-0.2, 0) is 4.74 Å². The van der Waals surface area contributed by atoms with Crippen molar-refractivity contribution in [2.45, 2.75) is 58.3 Å². The first kappa shape index (κ1) is 14.9. The van der Waals surface area contributed by atoms with E-state index in [2.05, 4.69) is 13.3 Å². The summed E-state index contributed by atoms with van der Waals surface area (Å²) in [5.74, 6) is 0. The minimum Gasteiger partial charge on any atom is -0.396 e. The van der Waals surface area contributed by atoms with Gasteiger partial charge in [-0.2, -0.15) is 0 Å². The molecule has 0 aliphatic carbocycles. The third-order valence-electron chi connectivity index (χ3n) is 2.41. The van der Waals surface area contributed by atoms with Gasteiger partial charge in [-0.25, -0.2) is 0 Å². The van der Waals surface area contributed by atoms with E-state index in [9.17, 15) is 0 Å². The van der Waals surface area contributed by atoms with Gasteiger partial charge in [0.25, 0.3) is 0 Å². The van der Waals surface area contributed by atoms with Gasteiger partial charge >= 0.3 is 0 Å². The van der Waals surface area contributed by atoms with Gasteiger partial charge in [0.15, 0.2) is 0 Å². The van der Waals surface area contributed by atoms with Gasteiger partial charge in [-0.3, -0.25) is 0 Å². The van der Waals surface area contributed by atoms with Crippen molar-refractivity contribution in [1.82, 2.24) is 0 Å². The van der Waals surface area contributed by atoms with Crippen LogP contribution in [0.15, 0.2) is 0 Å². The SMILES string of the molecule is CCCC[CH]CCCCOCCCCO. The Bertz CT molecular complexity index is 92.7. The first-order chi connectivity index (χ1) is 7.41. The number of ether oxygens (including phenoxy) is 1. The Morgan fingerprint density at radius 2 is 1.60 bits per heavy atom. The zero-order valence-corrected chi connectivity index (χ0v) is 10.2. The molecular weight excluding hydrogens is 188 g/mol. The molecule has 0 fully saturated rings. The van der Waals surface area contributed by atoms with Crippen LogP contribution < -0.4 is 0 Å². The summed E-state index contributed by atoms with van der Waals surface area (Å²) < 4.78 is 5.44. The second kappa shape index (κ2) is 13.9. The fraction of sp³-hybridized carbons (Fsp3) is 0.923. The first-order valence-electron chi connectivity index (χ1n) is 6.42. The summed E-state index contributed by atoms with van der Waals surface area (Å²) in [6, 6.07) is 0. The lowest BCUT2D eigenvalue weighted by atomic mass is 10.1. The van der Waals surface area contributed by atoms with Crippen LogP contribution in [0.4, 0.5) is 0 Å². The minimum absolute atomic E-state index is 0.287. The molecule has 91 valence electrons. The van der Waals surface area contributed by atoms with Crippen molar-refractivity contribution in [3.05, 3.63) is 6.42 Å². The summed E-state index contributed by atoms with van der Waals surface area (Å²) in [7, 11) is 0. The van der Waals surface area contributed by atoms with Gasteiger partial charge in [0.1, 0.15) is 0 Å². The monoisotopic (exact) mass is 215 g/mol. The Labute approximate surface area is 95.0 Å². The lowest BCUT2D eigenvalue weighted by molar-refractivity contribution is 0.121. The quantitative estimate of drug-likeness (QED) is 0.506. The molecule has 0 rings (SSSR count). The topological polar surface area (TPSA) is 29.5 Å². The van der Waals surface area contributed by atoms with Crippen molar-refractivity contribution in [1.29, 1.82) is 0 Å². The Morgan fingerprint density at radius 1 is 0.933 bits per heavy atom. The van der Waals surface area contributed by atoms with Crippen molar-refractivity contribution in [3.63, 3.8) is 0 Å². The third-order valence-corrected chi connectivity index (χ3v) is 2.41. The molecule has 1 N–H and O–H groups in total. The van der Waals surface area contributed by atoms with E-state index in [1.54, 1.807) is 0 Å². The van der Waals surface area contributed by atoms with Gasteiger partial charge in [-0.1, -0.05) is 39.0 Å². The van der Waals surface area contributed by atoms with Gasteiger partial charge in [-0.15, -0.1) is 0 Å². The number of unbranched alkanes of at least 4 members (excludes halogenated alkanes) is 7. The molecule has 0 aromatic heterocycles. The van der Waals surface area contributed by atoms with E-state index < -0.39 is 0 Å². The summed E-state index contributed by atoms with van der Waals surface area (Å²) in [5.41, 5.74) is 0. The molecule has 0 amide bonds. The lowest BCUT2D eigenvalue weighted by Gasteiger charge is -2.03. The maximum atomic E-state index is 8.55. The standard InChI is InChI=1S/C13H27O2/c1-2-3-4-5-6-7-9-12-15-13-10-8-11-14/h5,14H,2-4,6-13H2,1H3. The Hall–Kier alpha value is -0.0800. The van der Waals surface area contributed by atoms with Gasteiger partial charge in [0.2, 0.25) is 0 Å². The number of rotatable bonds is 12. The number of hydrogen-bond donors (Lipinski definition) is 1. The molecule has 0 bridgehead atoms. The Kier molecular flexibility index (Phi) is 13.8. The number of aliphatic hydroxyl groups excluding tert-OH is 1. The van der Waals surface area contributed by atoms with E-state index in [4.69, 9.17) is 9.84 Å². The van der Waals surface area contributed by atoms with Crippen LogP contribution in [0.25, 0.3) is 0 Å². The summed E-state index contributed by atoms with van der Waals surface area (Å²) >= 11 is 0. The van der Waals surface area contributed by atoms with Gasteiger partial charge < -0.3 is 9.84 Å². The average Bonchev–Trinajstić information content (AvgIpc) is 2.26. The molecule has 0 saturated heterocycles. The molecule has 15 heavy (non-hydrogen) atoms. The number of hydrogen-bond acceptors (Lipinski definition) is 2. The molecule has 1 radical (unpaired) electrons. The van der Waals surface area contributed by atoms with Crippen LogP contribution >= 0.6 is 0 Å². The molecule has 0 aliphatic rings. The van der Waals surface area contributed by atoms with Crippen LogP contribution in [-0.4, -0.2) is 24.9 Å². The van der Waals surface area contributed by atoms with Crippen molar-refractivity contribution in [2.75, 3.05) is 19.8 Å². The molecule has 0 aromatic carbocycles. The third kappa shape index (κ3) is 13.9. The Morgan fingerprint density at radius 3 is 2.27 bits per heavy atom. The predicted molar refractivity (Wildman–Crippen MR) is 64.8 cm³/mol. The van der Waals surface area contributed by atoms with Crippen LogP contribution in [0.2, 0.25) is 0 Å². The largest absolute Gasteiger partial charge is 0.396 e. The highest BCUT2D eigenvalue weighted by atomic mass is 16.5. The first-order valence-corrected chi connectivity index (χ1v) is 6.42. The highest BCUT2D eigenvalue weighted by Crippen LogP contribution is 2.05. The van der Waals surface area contributed by atoms with Crippen molar-refractivity contribution in [3.8, 4) is 0 Å². The molecule has 0 aliphatic heterocycles.